The van der Waals surface area contributed by atoms with E-state index in [4.69, 9.17) is 16.6 Å². The Bertz CT molecular complexity index is 1750. The number of benzene rings is 4. The second-order valence-corrected chi connectivity index (χ2v) is 11.7. The van der Waals surface area contributed by atoms with E-state index in [2.05, 4.69) is 10.3 Å². The fraction of sp³-hybridized carbons (Fsp3) is 0.133. The minimum atomic E-state index is -3.98. The predicted molar refractivity (Wildman–Crippen MR) is 153 cm³/mol. The summed E-state index contributed by atoms with van der Waals surface area (Å²) in [7, 11) is -3.98. The number of nitrogens with zero attached hydrogens (tertiary/aromatic N) is 2. The summed E-state index contributed by atoms with van der Waals surface area (Å²) >= 11 is 6.39. The highest BCUT2D eigenvalue weighted by atomic mass is 35.5. The van der Waals surface area contributed by atoms with Crippen molar-refractivity contribution in [1.82, 2.24) is 15.3 Å². The number of carbonyl (C=O) groups excluding carboxylic acids is 1. The molecule has 0 saturated heterocycles. The first-order valence-electron chi connectivity index (χ1n) is 12.6. The molecular weight excluding hydrogens is 532 g/mol. The van der Waals surface area contributed by atoms with E-state index in [-0.39, 0.29) is 15.5 Å². The third-order valence-corrected chi connectivity index (χ3v) is 9.23. The molecule has 5 aromatic rings. The lowest BCUT2D eigenvalue weighted by molar-refractivity contribution is 0.0934. The Morgan fingerprint density at radius 2 is 1.72 bits per heavy atom. The summed E-state index contributed by atoms with van der Waals surface area (Å²) in [6.07, 6.45) is 1.11. The quantitative estimate of drug-likeness (QED) is 0.269. The predicted octanol–water partition coefficient (Wildman–Crippen LogP) is 5.68. The van der Waals surface area contributed by atoms with Gasteiger partial charge in [0.2, 0.25) is 0 Å². The van der Waals surface area contributed by atoms with E-state index in [1.165, 1.54) is 22.5 Å². The fourth-order valence-electron chi connectivity index (χ4n) is 4.96. The van der Waals surface area contributed by atoms with Gasteiger partial charge in [-0.2, -0.15) is 0 Å². The van der Waals surface area contributed by atoms with Crippen molar-refractivity contribution >= 4 is 44.3 Å². The van der Waals surface area contributed by atoms with E-state index in [1.54, 1.807) is 6.07 Å². The topological polar surface area (TPSA) is 95.2 Å². The number of fused-ring (bicyclic) bond motifs is 2. The van der Waals surface area contributed by atoms with Gasteiger partial charge in [-0.25, -0.2) is 13.4 Å². The number of imidazole rings is 1. The largest absolute Gasteiger partial charge is 0.342 e. The number of carbonyl (C=O) groups is 1. The number of anilines is 1. The molecule has 0 radical (unpaired) electrons. The van der Waals surface area contributed by atoms with Crippen molar-refractivity contribution in [2.75, 3.05) is 10.8 Å². The van der Waals surface area contributed by atoms with Gasteiger partial charge in [0, 0.05) is 12.1 Å². The lowest BCUT2D eigenvalue weighted by Crippen LogP contribution is -2.32. The average Bonchev–Trinajstić information content (AvgIpc) is 3.58. The molecule has 6 rings (SSSR count). The lowest BCUT2D eigenvalue weighted by Gasteiger charge is -2.21. The van der Waals surface area contributed by atoms with Gasteiger partial charge in [-0.05, 0) is 60.4 Å². The van der Waals surface area contributed by atoms with Crippen LogP contribution in [0.15, 0.2) is 102 Å². The Morgan fingerprint density at radius 1 is 0.974 bits per heavy atom. The molecule has 0 unspecified atom stereocenters. The van der Waals surface area contributed by atoms with Gasteiger partial charge in [0.25, 0.3) is 15.9 Å². The molecule has 0 bridgehead atoms. The van der Waals surface area contributed by atoms with Crippen LogP contribution in [0.25, 0.3) is 11.0 Å². The van der Waals surface area contributed by atoms with Gasteiger partial charge in [-0.1, -0.05) is 72.3 Å². The van der Waals surface area contributed by atoms with Crippen LogP contribution in [0, 0.1) is 0 Å². The standard InChI is InChI=1S/C30H25ClN4O3S/c31-23-15-14-22(19-28(23)39(37,38)35-17-16-21-10-4-7-13-27(21)35)30(36)34-26(18-20-8-2-1-3-9-20)29-32-24-11-5-6-12-25(24)33-29/h1-15,19,26H,16-18H2,(H,32,33)(H,34,36)/t26-/m0/s1. The van der Waals surface area contributed by atoms with Crippen LogP contribution in [0.3, 0.4) is 0 Å². The zero-order chi connectivity index (χ0) is 27.0. The molecule has 1 aliphatic heterocycles. The summed E-state index contributed by atoms with van der Waals surface area (Å²) in [5.41, 5.74) is 4.48. The number of aromatic amines is 1. The minimum absolute atomic E-state index is 0.0639. The number of sulfonamides is 1. The van der Waals surface area contributed by atoms with Gasteiger partial charge < -0.3 is 10.3 Å². The second kappa shape index (κ2) is 10.2. The van der Waals surface area contributed by atoms with E-state index in [1.807, 2.05) is 72.8 Å². The van der Waals surface area contributed by atoms with Gasteiger partial charge in [0.1, 0.15) is 10.7 Å². The van der Waals surface area contributed by atoms with E-state index < -0.39 is 22.0 Å². The summed E-state index contributed by atoms with van der Waals surface area (Å²) in [5.74, 6) is 0.190. The smallest absolute Gasteiger partial charge is 0.265 e. The van der Waals surface area contributed by atoms with E-state index >= 15 is 0 Å². The van der Waals surface area contributed by atoms with Crippen LogP contribution in [0.5, 0.6) is 0 Å². The Hall–Kier alpha value is -4.14. The maximum atomic E-state index is 13.7. The molecule has 7 nitrogen and oxygen atoms in total. The van der Waals surface area contributed by atoms with Crippen LogP contribution in [0.2, 0.25) is 5.02 Å². The first-order chi connectivity index (χ1) is 18.9. The lowest BCUT2D eigenvalue weighted by atomic mass is 10.0. The van der Waals surface area contributed by atoms with Gasteiger partial charge in [-0.3, -0.25) is 9.10 Å². The van der Waals surface area contributed by atoms with Gasteiger partial charge in [-0.15, -0.1) is 0 Å². The highest BCUT2D eigenvalue weighted by Crippen LogP contribution is 2.35. The molecule has 1 amide bonds. The average molecular weight is 557 g/mol. The fourth-order valence-corrected chi connectivity index (χ4v) is 6.97. The van der Waals surface area contributed by atoms with Crippen LogP contribution in [0.1, 0.15) is 33.4 Å². The normalized spacial score (nSPS) is 13.8. The van der Waals surface area contributed by atoms with Crippen LogP contribution < -0.4 is 9.62 Å². The van der Waals surface area contributed by atoms with Crippen molar-refractivity contribution in [1.29, 1.82) is 0 Å². The zero-order valence-corrected chi connectivity index (χ0v) is 22.4. The Labute approximate surface area is 231 Å². The molecule has 0 spiro atoms. The second-order valence-electron chi connectivity index (χ2n) is 9.46. The third kappa shape index (κ3) is 4.89. The molecule has 1 aromatic heterocycles. The molecule has 0 fully saturated rings. The van der Waals surface area contributed by atoms with Crippen molar-refractivity contribution in [2.45, 2.75) is 23.8 Å². The molecule has 196 valence electrons. The molecule has 1 atom stereocenters. The van der Waals surface area contributed by atoms with Crippen LogP contribution in [0.4, 0.5) is 5.69 Å². The minimum Gasteiger partial charge on any atom is -0.342 e. The molecule has 1 aliphatic rings. The zero-order valence-electron chi connectivity index (χ0n) is 20.8. The number of amides is 1. The maximum Gasteiger partial charge on any atom is 0.265 e. The monoisotopic (exact) mass is 556 g/mol. The van der Waals surface area contributed by atoms with E-state index in [0.717, 1.165) is 22.2 Å². The Balaban J connectivity index is 1.32. The van der Waals surface area contributed by atoms with Crippen molar-refractivity contribution in [3.8, 4) is 0 Å². The Morgan fingerprint density at radius 3 is 2.54 bits per heavy atom. The highest BCUT2D eigenvalue weighted by Gasteiger charge is 2.33. The molecule has 9 heteroatoms. The summed E-state index contributed by atoms with van der Waals surface area (Å²) in [6.45, 7) is 0.319. The number of rotatable bonds is 7. The van der Waals surface area contributed by atoms with Crippen molar-refractivity contribution in [3.63, 3.8) is 0 Å². The van der Waals surface area contributed by atoms with E-state index in [9.17, 15) is 13.2 Å². The van der Waals surface area contributed by atoms with Crippen molar-refractivity contribution in [3.05, 3.63) is 125 Å². The number of aromatic nitrogens is 2. The van der Waals surface area contributed by atoms with Crippen LogP contribution in [-0.2, 0) is 22.9 Å². The molecule has 2 heterocycles. The molecule has 39 heavy (non-hydrogen) atoms. The van der Waals surface area contributed by atoms with Gasteiger partial charge >= 0.3 is 0 Å². The number of hydrogen-bond acceptors (Lipinski definition) is 4. The molecule has 2 N–H and O–H groups in total. The van der Waals surface area contributed by atoms with Crippen LogP contribution in [-0.4, -0.2) is 30.8 Å². The molecular formula is C30H25ClN4O3S. The first-order valence-corrected chi connectivity index (χ1v) is 14.4. The van der Waals surface area contributed by atoms with Gasteiger partial charge in [0.05, 0.1) is 27.8 Å². The molecule has 4 aromatic carbocycles. The van der Waals surface area contributed by atoms with Crippen LogP contribution >= 0.6 is 11.6 Å². The summed E-state index contributed by atoms with van der Waals surface area (Å²) in [5, 5.41) is 3.12. The maximum absolute atomic E-state index is 13.7. The third-order valence-electron chi connectivity index (χ3n) is 6.93. The Kier molecular flexibility index (Phi) is 6.58. The summed E-state index contributed by atoms with van der Waals surface area (Å²) in [4.78, 5) is 21.5. The van der Waals surface area contributed by atoms with Crippen molar-refractivity contribution in [2.24, 2.45) is 0 Å². The number of H-pyrrole nitrogens is 1. The first kappa shape index (κ1) is 25.2. The molecule has 0 aliphatic carbocycles. The number of nitrogens with one attached hydrogen (secondary N) is 2. The van der Waals surface area contributed by atoms with E-state index in [0.29, 0.717) is 30.9 Å². The summed E-state index contributed by atoms with van der Waals surface area (Å²) in [6, 6.07) is 28.7. The summed E-state index contributed by atoms with van der Waals surface area (Å²) < 4.78 is 28.7. The number of hydrogen-bond donors (Lipinski definition) is 2. The van der Waals surface area contributed by atoms with Crippen molar-refractivity contribution < 1.29 is 13.2 Å². The number of halogens is 1. The molecule has 0 saturated carbocycles. The highest BCUT2D eigenvalue weighted by molar-refractivity contribution is 7.93. The number of para-hydroxylation sites is 3. The SMILES string of the molecule is O=C(N[C@@H](Cc1ccccc1)c1nc2ccccc2[nH]1)c1ccc(Cl)c(S(=O)(=O)N2CCc3ccccc32)c1. The van der Waals surface area contributed by atoms with Gasteiger partial charge in [0.15, 0.2) is 0 Å².